The Morgan fingerprint density at radius 2 is 2.03 bits per heavy atom. The van der Waals surface area contributed by atoms with E-state index in [0.29, 0.717) is 19.0 Å². The molecule has 2 rings (SSSR count). The number of likely N-dealkylation sites (N-methyl/N-ethyl adjacent to an activating group) is 1. The Kier molecular flexibility index (Phi) is 11.2. The van der Waals surface area contributed by atoms with Gasteiger partial charge in [-0.1, -0.05) is 12.1 Å². The summed E-state index contributed by atoms with van der Waals surface area (Å²) in [7, 11) is 3.43. The van der Waals surface area contributed by atoms with Crippen molar-refractivity contribution in [2.45, 2.75) is 26.4 Å². The molecule has 2 aromatic rings. The van der Waals surface area contributed by atoms with E-state index in [1.807, 2.05) is 50.2 Å². The number of hydrogen-bond acceptors (Lipinski definition) is 4. The molecule has 0 fully saturated rings. The maximum absolute atomic E-state index is 11.8. The lowest BCUT2D eigenvalue weighted by molar-refractivity contribution is -0.127. The number of rotatable bonds is 9. The minimum absolute atomic E-state index is 0. The first-order chi connectivity index (χ1) is 13.4. The normalized spacial score (nSPS) is 11.9. The van der Waals surface area contributed by atoms with Gasteiger partial charge < -0.3 is 24.7 Å². The van der Waals surface area contributed by atoms with Crippen LogP contribution in [0.1, 0.15) is 18.2 Å². The van der Waals surface area contributed by atoms with E-state index in [-0.39, 0.29) is 42.5 Å². The van der Waals surface area contributed by atoms with Crippen molar-refractivity contribution in [3.63, 3.8) is 0 Å². The lowest BCUT2D eigenvalue weighted by atomic mass is 10.2. The van der Waals surface area contributed by atoms with Crippen LogP contribution in [-0.2, 0) is 11.2 Å². The lowest BCUT2D eigenvalue weighted by Gasteiger charge is -2.18. The number of nitrogens with zero attached hydrogens (tertiary/aromatic N) is 2. The SMILES string of the molecule is Cc1cccc(OC(C)CNC(=NCC(=O)N(C)C)NCCc2ccco2)c1.I. The zero-order chi connectivity index (χ0) is 20.4. The number of carbonyl (C=O) groups excluding carboxylic acids is 1. The van der Waals surface area contributed by atoms with Crippen molar-refractivity contribution < 1.29 is 13.9 Å². The molecule has 0 aliphatic rings. The molecule has 160 valence electrons. The van der Waals surface area contributed by atoms with Crippen LogP contribution in [0.3, 0.4) is 0 Å². The number of furan rings is 1. The number of hydrogen-bond donors (Lipinski definition) is 2. The zero-order valence-corrected chi connectivity index (χ0v) is 19.8. The fourth-order valence-corrected chi connectivity index (χ4v) is 2.42. The second-order valence-corrected chi connectivity index (χ2v) is 6.84. The monoisotopic (exact) mass is 514 g/mol. The van der Waals surface area contributed by atoms with E-state index in [2.05, 4.69) is 15.6 Å². The first-order valence-electron chi connectivity index (χ1n) is 9.42. The maximum atomic E-state index is 11.8. The van der Waals surface area contributed by atoms with Gasteiger partial charge in [0.05, 0.1) is 12.8 Å². The molecular weight excluding hydrogens is 483 g/mol. The summed E-state index contributed by atoms with van der Waals surface area (Å²) in [4.78, 5) is 17.7. The Labute approximate surface area is 189 Å². The highest BCUT2D eigenvalue weighted by atomic mass is 127. The lowest BCUT2D eigenvalue weighted by Crippen LogP contribution is -2.43. The van der Waals surface area contributed by atoms with Gasteiger partial charge in [0.1, 0.15) is 24.2 Å². The second-order valence-electron chi connectivity index (χ2n) is 6.84. The maximum Gasteiger partial charge on any atom is 0.243 e. The fourth-order valence-electron chi connectivity index (χ4n) is 2.42. The van der Waals surface area contributed by atoms with Gasteiger partial charge >= 0.3 is 0 Å². The van der Waals surface area contributed by atoms with Crippen LogP contribution in [0.4, 0.5) is 0 Å². The van der Waals surface area contributed by atoms with E-state index in [4.69, 9.17) is 9.15 Å². The fraction of sp³-hybridized carbons (Fsp3) is 0.429. The minimum Gasteiger partial charge on any atom is -0.489 e. The molecule has 0 bridgehead atoms. The zero-order valence-electron chi connectivity index (χ0n) is 17.5. The molecule has 8 heteroatoms. The van der Waals surface area contributed by atoms with Gasteiger partial charge in [-0.25, -0.2) is 4.99 Å². The summed E-state index contributed by atoms with van der Waals surface area (Å²) in [5, 5.41) is 6.47. The summed E-state index contributed by atoms with van der Waals surface area (Å²) in [5.74, 6) is 2.24. The van der Waals surface area contributed by atoms with Crippen molar-refractivity contribution >= 4 is 35.8 Å². The highest BCUT2D eigenvalue weighted by Gasteiger charge is 2.08. The molecule has 0 aliphatic carbocycles. The number of ether oxygens (including phenoxy) is 1. The molecule has 1 heterocycles. The summed E-state index contributed by atoms with van der Waals surface area (Å²) in [6.07, 6.45) is 2.32. The van der Waals surface area contributed by atoms with Crippen molar-refractivity contribution in [1.29, 1.82) is 0 Å². The molecule has 1 aromatic heterocycles. The van der Waals surface area contributed by atoms with Crippen LogP contribution in [0, 0.1) is 6.92 Å². The third kappa shape index (κ3) is 9.69. The molecule has 1 unspecified atom stereocenters. The van der Waals surface area contributed by atoms with Crippen molar-refractivity contribution in [3.05, 3.63) is 54.0 Å². The van der Waals surface area contributed by atoms with Crippen LogP contribution in [0.25, 0.3) is 0 Å². The molecule has 0 radical (unpaired) electrons. The predicted octanol–water partition coefficient (Wildman–Crippen LogP) is 2.84. The summed E-state index contributed by atoms with van der Waals surface area (Å²) < 4.78 is 11.3. The van der Waals surface area contributed by atoms with Crippen LogP contribution in [0.15, 0.2) is 52.1 Å². The van der Waals surface area contributed by atoms with Gasteiger partial charge in [0.15, 0.2) is 5.96 Å². The topological polar surface area (TPSA) is 79.1 Å². The highest BCUT2D eigenvalue weighted by Crippen LogP contribution is 2.13. The minimum atomic E-state index is -0.0663. The van der Waals surface area contributed by atoms with Gasteiger partial charge in [-0.3, -0.25) is 4.79 Å². The molecular formula is C21H31IN4O3. The van der Waals surface area contributed by atoms with Gasteiger partial charge in [-0.15, -0.1) is 24.0 Å². The highest BCUT2D eigenvalue weighted by molar-refractivity contribution is 14.0. The number of amides is 1. The third-order valence-electron chi connectivity index (χ3n) is 4.00. The summed E-state index contributed by atoms with van der Waals surface area (Å²) in [6, 6.07) is 11.7. The number of aliphatic imine (C=N–C) groups is 1. The van der Waals surface area contributed by atoms with Crippen LogP contribution in [-0.4, -0.2) is 56.6 Å². The molecule has 1 atom stereocenters. The number of benzene rings is 1. The Morgan fingerprint density at radius 1 is 1.24 bits per heavy atom. The van der Waals surface area contributed by atoms with E-state index in [1.165, 1.54) is 4.90 Å². The molecule has 0 spiro atoms. The van der Waals surface area contributed by atoms with Crippen LogP contribution in [0.2, 0.25) is 0 Å². The first-order valence-corrected chi connectivity index (χ1v) is 9.42. The van der Waals surface area contributed by atoms with Crippen LogP contribution >= 0.6 is 24.0 Å². The quantitative estimate of drug-likeness (QED) is 0.306. The Balaban J connectivity index is 0.00000420. The van der Waals surface area contributed by atoms with Gasteiger partial charge in [-0.05, 0) is 43.7 Å². The molecule has 0 aliphatic heterocycles. The van der Waals surface area contributed by atoms with Crippen molar-refractivity contribution in [2.24, 2.45) is 4.99 Å². The number of nitrogens with one attached hydrogen (secondary N) is 2. The Morgan fingerprint density at radius 3 is 2.69 bits per heavy atom. The van der Waals surface area contributed by atoms with Gasteiger partial charge in [0.25, 0.3) is 0 Å². The molecule has 2 N–H and O–H groups in total. The molecule has 1 aromatic carbocycles. The molecule has 29 heavy (non-hydrogen) atoms. The largest absolute Gasteiger partial charge is 0.489 e. The Hall–Kier alpha value is -2.23. The van der Waals surface area contributed by atoms with Crippen molar-refractivity contribution in [2.75, 3.05) is 33.7 Å². The Bertz CT molecular complexity index is 763. The summed E-state index contributed by atoms with van der Waals surface area (Å²) >= 11 is 0. The van der Waals surface area contributed by atoms with E-state index in [9.17, 15) is 4.79 Å². The number of aryl methyl sites for hydroxylation is 1. The van der Waals surface area contributed by atoms with E-state index >= 15 is 0 Å². The molecule has 7 nitrogen and oxygen atoms in total. The average Bonchev–Trinajstić information content (AvgIpc) is 3.16. The first kappa shape index (κ1) is 24.8. The van der Waals surface area contributed by atoms with E-state index < -0.39 is 0 Å². The third-order valence-corrected chi connectivity index (χ3v) is 4.00. The molecule has 0 saturated heterocycles. The standard InChI is InChI=1S/C21H30N4O3.HI/c1-16-7-5-8-19(13-16)28-17(2)14-23-21(24-15-20(26)25(3)4)22-11-10-18-9-6-12-27-18;/h5-9,12-13,17H,10-11,14-15H2,1-4H3,(H2,22,23,24);1H. The van der Waals surface area contributed by atoms with Crippen molar-refractivity contribution in [1.82, 2.24) is 15.5 Å². The van der Waals surface area contributed by atoms with Gasteiger partial charge in [0.2, 0.25) is 5.91 Å². The average molecular weight is 514 g/mol. The number of halogens is 1. The molecule has 0 saturated carbocycles. The van der Waals surface area contributed by atoms with Crippen molar-refractivity contribution in [3.8, 4) is 5.75 Å². The summed E-state index contributed by atoms with van der Waals surface area (Å²) in [6.45, 7) is 5.29. The smallest absolute Gasteiger partial charge is 0.243 e. The van der Waals surface area contributed by atoms with Gasteiger partial charge in [0, 0.05) is 27.1 Å². The molecule has 1 amide bonds. The number of carbonyl (C=O) groups is 1. The number of guanidine groups is 1. The predicted molar refractivity (Wildman–Crippen MR) is 126 cm³/mol. The van der Waals surface area contributed by atoms with Gasteiger partial charge in [-0.2, -0.15) is 0 Å². The second kappa shape index (κ2) is 13.1. The van der Waals surface area contributed by atoms with Crippen LogP contribution < -0.4 is 15.4 Å². The summed E-state index contributed by atoms with van der Waals surface area (Å²) in [5.41, 5.74) is 1.15. The van der Waals surface area contributed by atoms with E-state index in [0.717, 1.165) is 23.5 Å². The van der Waals surface area contributed by atoms with E-state index in [1.54, 1.807) is 20.4 Å². The van der Waals surface area contributed by atoms with Crippen LogP contribution in [0.5, 0.6) is 5.75 Å².